The van der Waals surface area contributed by atoms with Crippen LogP contribution in [0.5, 0.6) is 0 Å². The van der Waals surface area contributed by atoms with Gasteiger partial charge in [0.15, 0.2) is 11.6 Å². The summed E-state index contributed by atoms with van der Waals surface area (Å²) in [7, 11) is 0. The summed E-state index contributed by atoms with van der Waals surface area (Å²) < 4.78 is 37.4. The zero-order valence-electron chi connectivity index (χ0n) is 44.0. The van der Waals surface area contributed by atoms with Gasteiger partial charge in [0, 0.05) is 92.5 Å². The smallest absolute Gasteiger partial charge is 0.267 e. The van der Waals surface area contributed by atoms with E-state index in [4.69, 9.17) is 11.5 Å². The average Bonchev–Trinajstić information content (AvgIpc) is 2.93. The second-order valence-corrected chi connectivity index (χ2v) is 20.3. The number of hydrogen-bond acceptors (Lipinski definition) is 12. The maximum absolute atomic E-state index is 15.6. The summed E-state index contributed by atoms with van der Waals surface area (Å²) >= 11 is 0. The van der Waals surface area contributed by atoms with Crippen LogP contribution in [0, 0.1) is 46.1 Å². The van der Waals surface area contributed by atoms with Crippen molar-refractivity contribution in [3.8, 4) is 45.8 Å². The first-order valence-electron chi connectivity index (χ1n) is 26.7. The number of nitrogens with one attached hydrogen (secondary N) is 2. The van der Waals surface area contributed by atoms with Crippen LogP contribution in [0.15, 0.2) is 168 Å². The second-order valence-electron chi connectivity index (χ2n) is 20.3. The highest BCUT2D eigenvalue weighted by Crippen LogP contribution is 2.43. The molecule has 2 fully saturated rings. The number of para-hydroxylation sites is 2. The average molecular weight is 1100 g/mol. The number of nitrogens with zero attached hydrogens (tertiary/aromatic N) is 10. The molecular formula is C62H52F2N14O4. The van der Waals surface area contributed by atoms with Crippen molar-refractivity contribution in [1.29, 1.82) is 10.5 Å². The topological polar surface area (TPSA) is 262 Å². The molecule has 0 atom stereocenters. The van der Waals surface area contributed by atoms with Gasteiger partial charge < -0.3 is 22.1 Å². The Morgan fingerprint density at radius 3 is 1.27 bits per heavy atom. The zero-order valence-corrected chi connectivity index (χ0v) is 44.0. The monoisotopic (exact) mass is 1090 g/mol. The lowest BCUT2D eigenvalue weighted by molar-refractivity contribution is 0.101. The van der Waals surface area contributed by atoms with E-state index in [1.165, 1.54) is 46.1 Å². The van der Waals surface area contributed by atoms with Gasteiger partial charge in [-0.3, -0.25) is 28.3 Å². The number of nitrogen functional groups attached to an aromatic ring is 2. The number of pyridine rings is 2. The molecule has 408 valence electrons. The number of amides is 2. The fourth-order valence-electron chi connectivity index (χ4n) is 11.2. The van der Waals surface area contributed by atoms with Crippen molar-refractivity contribution in [2.75, 3.05) is 22.1 Å². The number of halogens is 2. The molecule has 0 aliphatic heterocycles. The van der Waals surface area contributed by atoms with Gasteiger partial charge >= 0.3 is 0 Å². The number of anilines is 4. The fourth-order valence-corrected chi connectivity index (χ4v) is 11.2. The molecule has 10 aromatic rings. The minimum Gasteiger partial charge on any atom is -0.382 e. The Morgan fingerprint density at radius 1 is 0.512 bits per heavy atom. The first kappa shape index (κ1) is 53.4. The molecule has 0 bridgehead atoms. The third-order valence-corrected chi connectivity index (χ3v) is 15.4. The summed E-state index contributed by atoms with van der Waals surface area (Å²) in [5, 5.41) is 32.7. The standard InChI is InChI=1S/2C31H26FN7O2/c2*32-26-15-21(37-30(40)24-7-4-14-38(31(24)41)22-5-2-1-3-6-22)12-13-23(26)25-16-27(20-10-8-19(17-33)9-11-20)39-28(25)29(34)35-18-36-39/h2*1-7,12-16,18-20H,8-11H2,(H,37,40)(H2,34,35,36). The van der Waals surface area contributed by atoms with E-state index in [9.17, 15) is 29.7 Å². The number of rotatable bonds is 10. The van der Waals surface area contributed by atoms with Crippen molar-refractivity contribution in [1.82, 2.24) is 38.3 Å². The number of fused-ring (bicyclic) bond motifs is 2. The van der Waals surface area contributed by atoms with E-state index in [0.29, 0.717) is 33.5 Å². The molecular weight excluding hydrogens is 1040 g/mol. The van der Waals surface area contributed by atoms with Crippen LogP contribution in [-0.4, -0.2) is 50.1 Å². The van der Waals surface area contributed by atoms with Crippen LogP contribution in [0.1, 0.15) is 95.3 Å². The quantitative estimate of drug-likeness (QED) is 0.0997. The lowest BCUT2D eigenvalue weighted by atomic mass is 9.81. The Balaban J connectivity index is 0.000000172. The van der Waals surface area contributed by atoms with E-state index < -0.39 is 34.6 Å². The molecule has 0 radical (unpaired) electrons. The summed E-state index contributed by atoms with van der Waals surface area (Å²) in [6, 6.07) is 41.3. The number of carbonyl (C=O) groups is 2. The van der Waals surface area contributed by atoms with Crippen LogP contribution >= 0.6 is 0 Å². The summed E-state index contributed by atoms with van der Waals surface area (Å²) in [4.78, 5) is 60.3. The van der Waals surface area contributed by atoms with E-state index in [1.54, 1.807) is 106 Å². The zero-order chi connectivity index (χ0) is 57.0. The number of nitrogens with two attached hydrogens (primary N) is 2. The van der Waals surface area contributed by atoms with Gasteiger partial charge in [-0.25, -0.2) is 27.8 Å². The Labute approximate surface area is 467 Å². The minimum absolute atomic E-state index is 0.0499. The molecule has 2 amide bonds. The summed E-state index contributed by atoms with van der Waals surface area (Å²) in [5.41, 5.74) is 17.5. The molecule has 18 nitrogen and oxygen atoms in total. The normalized spacial score (nSPS) is 16.8. The number of nitriles is 2. The third-order valence-electron chi connectivity index (χ3n) is 15.4. The van der Waals surface area contributed by atoms with E-state index in [1.807, 2.05) is 24.3 Å². The van der Waals surface area contributed by atoms with Crippen molar-refractivity contribution < 1.29 is 18.4 Å². The Kier molecular flexibility index (Phi) is 15.0. The number of benzene rings is 4. The Bertz CT molecular complexity index is 4010. The van der Waals surface area contributed by atoms with Gasteiger partial charge in [-0.05, 0) is 148 Å². The highest BCUT2D eigenvalue weighted by Gasteiger charge is 2.30. The molecule has 2 saturated carbocycles. The first-order valence-corrected chi connectivity index (χ1v) is 26.7. The highest BCUT2D eigenvalue weighted by atomic mass is 19.1. The van der Waals surface area contributed by atoms with E-state index in [-0.39, 0.29) is 68.9 Å². The predicted octanol–water partition coefficient (Wildman–Crippen LogP) is 10.6. The Hall–Kier alpha value is -10.6. The van der Waals surface area contributed by atoms with Gasteiger partial charge in [0.05, 0.1) is 12.1 Å². The van der Waals surface area contributed by atoms with Crippen molar-refractivity contribution in [2.24, 2.45) is 11.8 Å². The van der Waals surface area contributed by atoms with Crippen LogP contribution in [0.2, 0.25) is 0 Å². The number of hydrogen-bond donors (Lipinski definition) is 4. The summed E-state index contributed by atoms with van der Waals surface area (Å²) in [5.74, 6) is -1.58. The van der Waals surface area contributed by atoms with E-state index in [0.717, 1.165) is 62.8 Å². The maximum atomic E-state index is 15.6. The van der Waals surface area contributed by atoms with E-state index in [2.05, 4.69) is 42.9 Å². The van der Waals surface area contributed by atoms with Gasteiger partial charge in [0.25, 0.3) is 22.9 Å². The van der Waals surface area contributed by atoms with Gasteiger partial charge in [-0.1, -0.05) is 36.4 Å². The molecule has 6 N–H and O–H groups in total. The summed E-state index contributed by atoms with van der Waals surface area (Å²) in [6.07, 6.45) is 12.4. The first-order chi connectivity index (χ1) is 39.9. The minimum atomic E-state index is -0.644. The molecule has 0 saturated heterocycles. The van der Waals surface area contributed by atoms with Crippen molar-refractivity contribution in [3.63, 3.8) is 0 Å². The second kappa shape index (κ2) is 23.0. The highest BCUT2D eigenvalue weighted by molar-refractivity contribution is 6.05. The lowest BCUT2D eigenvalue weighted by Crippen LogP contribution is -2.27. The van der Waals surface area contributed by atoms with Crippen LogP contribution in [0.3, 0.4) is 0 Å². The molecule has 2 aliphatic carbocycles. The SMILES string of the molecule is N#CC1CCC(c2cc(-c3ccc(NC(=O)c4cccn(-c5ccccc5)c4=O)cc3F)c3c(N)ncnn23)CC1.N#CC1CCC(c2cc(-c3ccc(NC(=O)c4cccn(-c5ccccc5)c4=O)cc3F)c3c(N)ncnn23)CC1. The number of carbonyl (C=O) groups excluding carboxylic acids is 2. The molecule has 20 heteroatoms. The molecule has 82 heavy (non-hydrogen) atoms. The van der Waals surface area contributed by atoms with Gasteiger partial charge in [-0.2, -0.15) is 20.7 Å². The van der Waals surface area contributed by atoms with Gasteiger partial charge in [0.2, 0.25) is 0 Å². The molecule has 0 spiro atoms. The lowest BCUT2D eigenvalue weighted by Gasteiger charge is -2.24. The molecule has 6 heterocycles. The predicted molar refractivity (Wildman–Crippen MR) is 306 cm³/mol. The number of aromatic nitrogens is 8. The molecule has 4 aromatic carbocycles. The molecule has 6 aromatic heterocycles. The van der Waals surface area contributed by atoms with E-state index >= 15 is 8.78 Å². The maximum Gasteiger partial charge on any atom is 0.267 e. The molecule has 2 aliphatic rings. The van der Waals surface area contributed by atoms with Crippen LogP contribution in [0.4, 0.5) is 31.8 Å². The van der Waals surface area contributed by atoms with Crippen molar-refractivity contribution in [2.45, 2.75) is 63.2 Å². The fraction of sp³-hybridized carbons (Fsp3) is 0.194. The van der Waals surface area contributed by atoms with Crippen LogP contribution < -0.4 is 33.2 Å². The van der Waals surface area contributed by atoms with Gasteiger partial charge in [-0.15, -0.1) is 0 Å². The van der Waals surface area contributed by atoms with Crippen LogP contribution in [0.25, 0.3) is 44.7 Å². The van der Waals surface area contributed by atoms with Crippen molar-refractivity contribution >= 4 is 45.9 Å². The largest absolute Gasteiger partial charge is 0.382 e. The third kappa shape index (κ3) is 10.6. The Morgan fingerprint density at radius 2 is 0.902 bits per heavy atom. The van der Waals surface area contributed by atoms with Gasteiger partial charge in [0.1, 0.15) is 46.4 Å². The van der Waals surface area contributed by atoms with Crippen molar-refractivity contribution in [3.05, 3.63) is 213 Å². The molecule has 12 rings (SSSR count). The molecule has 0 unspecified atom stereocenters. The summed E-state index contributed by atoms with van der Waals surface area (Å²) in [6.45, 7) is 0. The van der Waals surface area contributed by atoms with Crippen LogP contribution in [-0.2, 0) is 0 Å².